The van der Waals surface area contributed by atoms with E-state index >= 15 is 0 Å². The van der Waals surface area contributed by atoms with E-state index in [1.54, 1.807) is 7.05 Å². The SMILES string of the molecule is CC(C)C[C@H](NC(=O)CN1C(=O)N(C)C2(CCCCC2)C1=O)C(=O)O. The van der Waals surface area contributed by atoms with E-state index in [-0.39, 0.29) is 18.2 Å². The number of aliphatic carboxylic acids is 1. The molecule has 1 heterocycles. The second-order valence-corrected chi connectivity index (χ2v) is 7.41. The Morgan fingerprint density at radius 1 is 1.20 bits per heavy atom. The van der Waals surface area contributed by atoms with Crippen LogP contribution in [0.2, 0.25) is 0 Å². The minimum Gasteiger partial charge on any atom is -0.480 e. The van der Waals surface area contributed by atoms with Gasteiger partial charge in [0.1, 0.15) is 18.1 Å². The maximum absolute atomic E-state index is 12.8. The van der Waals surface area contributed by atoms with Crippen molar-refractivity contribution in [2.24, 2.45) is 5.92 Å². The van der Waals surface area contributed by atoms with Gasteiger partial charge in [-0.1, -0.05) is 33.1 Å². The standard InChI is InChI=1S/C17H27N3O5/c1-11(2)9-12(14(22)23)18-13(21)10-20-15(24)17(19(3)16(20)25)7-5-4-6-8-17/h11-12H,4-10H2,1-3H3,(H,18,21)(H,22,23)/t12-/m0/s1. The van der Waals surface area contributed by atoms with E-state index in [2.05, 4.69) is 5.32 Å². The van der Waals surface area contributed by atoms with Gasteiger partial charge in [0.15, 0.2) is 0 Å². The number of rotatable bonds is 6. The van der Waals surface area contributed by atoms with Crippen LogP contribution in [-0.4, -0.2) is 63.9 Å². The van der Waals surface area contributed by atoms with Gasteiger partial charge in [0.05, 0.1) is 0 Å². The largest absolute Gasteiger partial charge is 0.480 e. The minimum absolute atomic E-state index is 0.0908. The van der Waals surface area contributed by atoms with Crippen LogP contribution in [0.1, 0.15) is 52.4 Å². The average Bonchev–Trinajstić information content (AvgIpc) is 2.71. The third-order valence-electron chi connectivity index (χ3n) is 5.13. The molecule has 8 heteroatoms. The predicted molar refractivity (Wildman–Crippen MR) is 89.7 cm³/mol. The molecule has 1 spiro atoms. The summed E-state index contributed by atoms with van der Waals surface area (Å²) in [4.78, 5) is 51.1. The number of likely N-dealkylation sites (N-methyl/N-ethyl adjacent to an activating group) is 1. The second-order valence-electron chi connectivity index (χ2n) is 7.41. The maximum Gasteiger partial charge on any atom is 0.327 e. The predicted octanol–water partition coefficient (Wildman–Crippen LogP) is 1.20. The van der Waals surface area contributed by atoms with Crippen LogP contribution >= 0.6 is 0 Å². The molecular weight excluding hydrogens is 326 g/mol. The van der Waals surface area contributed by atoms with E-state index in [4.69, 9.17) is 0 Å². The van der Waals surface area contributed by atoms with Crippen molar-refractivity contribution in [3.63, 3.8) is 0 Å². The third-order valence-corrected chi connectivity index (χ3v) is 5.13. The topological polar surface area (TPSA) is 107 Å². The third kappa shape index (κ3) is 3.77. The molecule has 0 bridgehead atoms. The van der Waals surface area contributed by atoms with Gasteiger partial charge >= 0.3 is 12.0 Å². The highest BCUT2D eigenvalue weighted by atomic mass is 16.4. The first kappa shape index (κ1) is 19.2. The van der Waals surface area contributed by atoms with Crippen molar-refractivity contribution in [2.75, 3.05) is 13.6 Å². The molecule has 140 valence electrons. The van der Waals surface area contributed by atoms with E-state index in [0.717, 1.165) is 24.2 Å². The van der Waals surface area contributed by atoms with Gasteiger partial charge in [-0.25, -0.2) is 9.59 Å². The average molecular weight is 353 g/mol. The number of imide groups is 1. The van der Waals surface area contributed by atoms with Gasteiger partial charge < -0.3 is 15.3 Å². The summed E-state index contributed by atoms with van der Waals surface area (Å²) < 4.78 is 0. The molecule has 2 N–H and O–H groups in total. The van der Waals surface area contributed by atoms with Crippen molar-refractivity contribution in [3.05, 3.63) is 0 Å². The Balaban J connectivity index is 2.06. The number of carbonyl (C=O) groups excluding carboxylic acids is 3. The Morgan fingerprint density at radius 2 is 1.80 bits per heavy atom. The van der Waals surface area contributed by atoms with Crippen molar-refractivity contribution in [2.45, 2.75) is 64.0 Å². The van der Waals surface area contributed by atoms with Gasteiger partial charge in [-0.15, -0.1) is 0 Å². The number of carbonyl (C=O) groups is 4. The lowest BCUT2D eigenvalue weighted by Gasteiger charge is -2.35. The van der Waals surface area contributed by atoms with E-state index in [1.807, 2.05) is 13.8 Å². The zero-order valence-electron chi connectivity index (χ0n) is 15.1. The molecule has 1 aliphatic heterocycles. The van der Waals surface area contributed by atoms with Crippen molar-refractivity contribution >= 4 is 23.8 Å². The zero-order valence-corrected chi connectivity index (χ0v) is 15.1. The number of nitrogens with zero attached hydrogens (tertiary/aromatic N) is 2. The van der Waals surface area contributed by atoms with Gasteiger partial charge in [0.25, 0.3) is 5.91 Å². The molecule has 8 nitrogen and oxygen atoms in total. The summed E-state index contributed by atoms with van der Waals surface area (Å²) in [6.45, 7) is 3.28. The molecule has 1 atom stereocenters. The van der Waals surface area contributed by atoms with Crippen LogP contribution in [0.15, 0.2) is 0 Å². The van der Waals surface area contributed by atoms with E-state index < -0.39 is 36.0 Å². The quantitative estimate of drug-likeness (QED) is 0.698. The van der Waals surface area contributed by atoms with Crippen LogP contribution in [0.3, 0.4) is 0 Å². The molecule has 1 saturated heterocycles. The molecule has 2 aliphatic rings. The molecule has 1 saturated carbocycles. The van der Waals surface area contributed by atoms with Crippen molar-refractivity contribution in [1.29, 1.82) is 0 Å². The van der Waals surface area contributed by atoms with Gasteiger partial charge in [-0.05, 0) is 25.2 Å². The number of urea groups is 1. The zero-order chi connectivity index (χ0) is 18.8. The van der Waals surface area contributed by atoms with E-state index in [0.29, 0.717) is 12.8 Å². The fraction of sp³-hybridized carbons (Fsp3) is 0.765. The molecule has 4 amide bonds. The van der Waals surface area contributed by atoms with Crippen LogP contribution in [0.5, 0.6) is 0 Å². The summed E-state index contributed by atoms with van der Waals surface area (Å²) in [5.74, 6) is -2.00. The first-order chi connectivity index (χ1) is 11.7. The first-order valence-electron chi connectivity index (χ1n) is 8.81. The normalized spacial score (nSPS) is 21.1. The van der Waals surface area contributed by atoms with E-state index in [1.165, 1.54) is 4.90 Å². The van der Waals surface area contributed by atoms with Gasteiger partial charge in [-0.3, -0.25) is 14.5 Å². The lowest BCUT2D eigenvalue weighted by Crippen LogP contribution is -2.50. The van der Waals surface area contributed by atoms with Gasteiger partial charge in [-0.2, -0.15) is 0 Å². The number of nitrogens with one attached hydrogen (secondary N) is 1. The molecular formula is C17H27N3O5. The molecule has 0 radical (unpaired) electrons. The Labute approximate surface area is 147 Å². The lowest BCUT2D eigenvalue weighted by molar-refractivity contribution is -0.142. The molecule has 0 aromatic carbocycles. The minimum atomic E-state index is -1.12. The first-order valence-corrected chi connectivity index (χ1v) is 8.81. The maximum atomic E-state index is 12.8. The van der Waals surface area contributed by atoms with E-state index in [9.17, 15) is 24.3 Å². The molecule has 2 fully saturated rings. The van der Waals surface area contributed by atoms with Crippen LogP contribution in [0, 0.1) is 5.92 Å². The highest BCUT2D eigenvalue weighted by Crippen LogP contribution is 2.39. The van der Waals surface area contributed by atoms with Gasteiger partial charge in [0, 0.05) is 7.05 Å². The summed E-state index contributed by atoms with van der Waals surface area (Å²) in [6, 6.07) is -1.51. The highest BCUT2D eigenvalue weighted by Gasteiger charge is 2.55. The molecule has 0 unspecified atom stereocenters. The fourth-order valence-electron chi connectivity index (χ4n) is 3.75. The molecule has 1 aliphatic carbocycles. The monoisotopic (exact) mass is 353 g/mol. The van der Waals surface area contributed by atoms with Crippen LogP contribution < -0.4 is 5.32 Å². The Kier molecular flexibility index (Phi) is 5.69. The molecule has 25 heavy (non-hydrogen) atoms. The van der Waals surface area contributed by atoms with Crippen LogP contribution in [-0.2, 0) is 14.4 Å². The molecule has 0 aromatic rings. The summed E-state index contributed by atoms with van der Waals surface area (Å²) >= 11 is 0. The number of hydrogen-bond acceptors (Lipinski definition) is 4. The summed E-state index contributed by atoms with van der Waals surface area (Å²) in [5, 5.41) is 11.6. The molecule has 0 aromatic heterocycles. The van der Waals surface area contributed by atoms with Crippen LogP contribution in [0.25, 0.3) is 0 Å². The number of hydrogen-bond donors (Lipinski definition) is 2. The van der Waals surface area contributed by atoms with Crippen LogP contribution in [0.4, 0.5) is 4.79 Å². The summed E-state index contributed by atoms with van der Waals surface area (Å²) in [6.07, 6.45) is 4.28. The number of carboxylic acid groups (broad SMARTS) is 1. The Bertz CT molecular complexity index is 569. The van der Waals surface area contributed by atoms with Crippen molar-refractivity contribution < 1.29 is 24.3 Å². The Morgan fingerprint density at radius 3 is 2.32 bits per heavy atom. The summed E-state index contributed by atoms with van der Waals surface area (Å²) in [5.41, 5.74) is -0.834. The smallest absolute Gasteiger partial charge is 0.327 e. The number of amides is 4. The Hall–Kier alpha value is -2.12. The fourth-order valence-corrected chi connectivity index (χ4v) is 3.75. The number of carboxylic acids is 1. The summed E-state index contributed by atoms with van der Waals surface area (Å²) in [7, 11) is 1.60. The highest BCUT2D eigenvalue weighted by molar-refractivity contribution is 6.09. The van der Waals surface area contributed by atoms with Crippen molar-refractivity contribution in [1.82, 2.24) is 15.1 Å². The van der Waals surface area contributed by atoms with Gasteiger partial charge in [0.2, 0.25) is 5.91 Å². The van der Waals surface area contributed by atoms with Crippen molar-refractivity contribution in [3.8, 4) is 0 Å². The molecule has 2 rings (SSSR count). The lowest BCUT2D eigenvalue weighted by atomic mass is 9.81. The second kappa shape index (κ2) is 7.41.